The molecule has 0 N–H and O–H groups in total. The van der Waals surface area contributed by atoms with Crippen LogP contribution < -0.4 is 14.3 Å². The zero-order chi connectivity index (χ0) is 37.3. The summed E-state index contributed by atoms with van der Waals surface area (Å²) in [6.07, 6.45) is 1.94. The molecule has 0 bridgehead atoms. The van der Waals surface area contributed by atoms with Crippen LogP contribution in [0.4, 0.5) is 0 Å². The van der Waals surface area contributed by atoms with Crippen molar-refractivity contribution in [1.29, 1.82) is 0 Å². The molecule has 0 radical (unpaired) electrons. The van der Waals surface area contributed by atoms with E-state index >= 15 is 0 Å². The number of hydrogen-bond donors (Lipinski definition) is 0. The van der Waals surface area contributed by atoms with Crippen molar-refractivity contribution in [3.05, 3.63) is 133 Å². The van der Waals surface area contributed by atoms with Crippen LogP contribution in [-0.2, 0) is 5.41 Å². The molecule has 5 heteroatoms. The van der Waals surface area contributed by atoms with E-state index in [1.165, 1.54) is 26.3 Å². The van der Waals surface area contributed by atoms with Gasteiger partial charge in [0.25, 0.3) is 0 Å². The molecule has 7 aromatic rings. The Hall–Kier alpha value is -4.78. The molecule has 3 heterocycles. The third kappa shape index (κ3) is 6.79. The molecular weight excluding hydrogens is 721 g/mol. The first-order valence-corrected chi connectivity index (χ1v) is 29.6. The third-order valence-electron chi connectivity index (χ3n) is 10.6. The molecule has 0 atom stereocenters. The van der Waals surface area contributed by atoms with Crippen molar-refractivity contribution >= 4 is 41.7 Å². The van der Waals surface area contributed by atoms with Crippen molar-refractivity contribution in [1.82, 2.24) is 9.97 Å². The average Bonchev–Trinajstić information content (AvgIpc) is 3.14. The van der Waals surface area contributed by atoms with Crippen molar-refractivity contribution in [2.75, 3.05) is 0 Å². The Morgan fingerprint density at radius 1 is 0.604 bits per heavy atom. The second-order valence-electron chi connectivity index (χ2n) is 17.6. The molecule has 0 fully saturated rings. The van der Waals surface area contributed by atoms with Gasteiger partial charge in [0.15, 0.2) is 0 Å². The molecule has 1 aliphatic heterocycles. The van der Waals surface area contributed by atoms with Crippen LogP contribution in [-0.4, -0.2) is 31.3 Å². The second kappa shape index (κ2) is 13.0. The molecule has 3 nitrogen and oxygen atoms in total. The van der Waals surface area contributed by atoms with Crippen molar-refractivity contribution in [2.24, 2.45) is 0 Å². The van der Waals surface area contributed by atoms with E-state index in [4.69, 9.17) is 14.7 Å². The third-order valence-corrected chi connectivity index (χ3v) is 17.0. The fourth-order valence-electron chi connectivity index (χ4n) is 7.29. The van der Waals surface area contributed by atoms with E-state index in [9.17, 15) is 0 Å². The maximum absolute atomic E-state index is 6.75. The van der Waals surface area contributed by atoms with Gasteiger partial charge in [0.1, 0.15) is 0 Å². The standard InChI is InChI=1S/C48H48GeN2OSi/c1-48(2,3)37-27-35(42-29-33(24-25-50-42)31-16-21-39(22-17-31)53(7,8)9)26-36(28-37)43-30-34-18-23-40(32-14-19-38(20-15-32)49(4,5)6)47-45(34)46(51-43)41-12-10-11-13-44(41)52-47/h10-30H,1-9H3. The van der Waals surface area contributed by atoms with Crippen LogP contribution in [0.1, 0.15) is 26.3 Å². The summed E-state index contributed by atoms with van der Waals surface area (Å²) in [7, 11) is -1.38. The summed E-state index contributed by atoms with van der Waals surface area (Å²) in [6, 6.07) is 44.5. The van der Waals surface area contributed by atoms with Crippen molar-refractivity contribution in [3.63, 3.8) is 0 Å². The van der Waals surface area contributed by atoms with Gasteiger partial charge in [-0.05, 0) is 40.3 Å². The van der Waals surface area contributed by atoms with Crippen molar-refractivity contribution in [3.8, 4) is 67.5 Å². The molecule has 5 aromatic carbocycles. The molecule has 0 aliphatic carbocycles. The van der Waals surface area contributed by atoms with Crippen LogP contribution in [0.3, 0.4) is 0 Å². The van der Waals surface area contributed by atoms with Gasteiger partial charge in [-0.1, -0.05) is 69.9 Å². The second-order valence-corrected chi connectivity index (χ2v) is 33.4. The molecular formula is C48H48GeN2OSi. The number of aromatic nitrogens is 2. The van der Waals surface area contributed by atoms with Gasteiger partial charge in [0.2, 0.25) is 0 Å². The van der Waals surface area contributed by atoms with E-state index in [0.29, 0.717) is 0 Å². The Kier molecular flexibility index (Phi) is 8.62. The zero-order valence-corrected chi connectivity index (χ0v) is 35.5. The molecule has 264 valence electrons. The van der Waals surface area contributed by atoms with Crippen LogP contribution in [0.15, 0.2) is 128 Å². The molecule has 1 aliphatic rings. The fourth-order valence-corrected chi connectivity index (χ4v) is 10.9. The Morgan fingerprint density at radius 2 is 1.28 bits per heavy atom. The van der Waals surface area contributed by atoms with E-state index in [0.717, 1.165) is 67.2 Å². The Balaban J connectivity index is 1.27. The molecule has 0 saturated carbocycles. The number of hydrogen-bond acceptors (Lipinski definition) is 3. The number of benzene rings is 5. The van der Waals surface area contributed by atoms with Crippen molar-refractivity contribution in [2.45, 2.75) is 63.1 Å². The van der Waals surface area contributed by atoms with Crippen LogP contribution in [0.2, 0.25) is 36.9 Å². The van der Waals surface area contributed by atoms with E-state index in [-0.39, 0.29) is 5.41 Å². The predicted molar refractivity (Wildman–Crippen MR) is 231 cm³/mol. The summed E-state index contributed by atoms with van der Waals surface area (Å²) in [5.41, 5.74) is 11.8. The molecule has 0 amide bonds. The number of fused-ring (bicyclic) bond motifs is 2. The van der Waals surface area contributed by atoms with E-state index in [1.54, 1.807) is 0 Å². The van der Waals surface area contributed by atoms with Gasteiger partial charge in [-0.15, -0.1) is 0 Å². The maximum atomic E-state index is 6.75. The zero-order valence-electron chi connectivity index (χ0n) is 32.4. The molecule has 0 spiro atoms. The van der Waals surface area contributed by atoms with E-state index < -0.39 is 21.3 Å². The van der Waals surface area contributed by atoms with Crippen LogP contribution in [0, 0.1) is 0 Å². The van der Waals surface area contributed by atoms with Gasteiger partial charge < -0.3 is 0 Å². The fraction of sp³-hybridized carbons (Fsp3) is 0.208. The first-order chi connectivity index (χ1) is 25.1. The van der Waals surface area contributed by atoms with Gasteiger partial charge in [0.05, 0.1) is 13.8 Å². The van der Waals surface area contributed by atoms with Gasteiger partial charge >= 0.3 is 179 Å². The van der Waals surface area contributed by atoms with Gasteiger partial charge in [-0.25, -0.2) is 0 Å². The SMILES string of the molecule is CC(C)(C)c1cc(-c2cc(-c3ccc([Si](C)(C)C)cc3)ccn2)cc(-c2cc3ccc(-c4cc[c]([Ge]([CH3])([CH3])[CH3])cc4)c4c3c(n2)-c2ccccc2O4)c1. The Bertz CT molecular complexity index is 2520. The number of rotatable bonds is 6. The number of pyridine rings is 2. The van der Waals surface area contributed by atoms with Gasteiger partial charge in [0, 0.05) is 11.8 Å². The number of nitrogens with zero attached hydrogens (tertiary/aromatic N) is 2. The van der Waals surface area contributed by atoms with E-state index in [1.807, 2.05) is 12.3 Å². The quantitative estimate of drug-likeness (QED) is 0.158. The molecule has 53 heavy (non-hydrogen) atoms. The van der Waals surface area contributed by atoms with E-state index in [2.05, 4.69) is 173 Å². The van der Waals surface area contributed by atoms with Crippen molar-refractivity contribution < 1.29 is 4.74 Å². The molecule has 0 unspecified atom stereocenters. The topological polar surface area (TPSA) is 35.0 Å². The molecule has 8 rings (SSSR count). The summed E-state index contributed by atoms with van der Waals surface area (Å²) in [4.78, 5) is 10.4. The Labute approximate surface area is 318 Å². The Morgan fingerprint density at radius 3 is 1.96 bits per heavy atom. The van der Waals surface area contributed by atoms with Crippen LogP contribution in [0.5, 0.6) is 11.5 Å². The summed E-state index contributed by atoms with van der Waals surface area (Å²) in [5.74, 6) is 9.02. The average molecular weight is 770 g/mol. The normalized spacial score (nSPS) is 12.8. The molecule has 0 saturated heterocycles. The first kappa shape index (κ1) is 35.3. The summed E-state index contributed by atoms with van der Waals surface area (Å²) in [6.45, 7) is 14.0. The molecule has 2 aromatic heterocycles. The van der Waals surface area contributed by atoms with Crippen LogP contribution >= 0.6 is 0 Å². The van der Waals surface area contributed by atoms with Crippen LogP contribution in [0.25, 0.3) is 66.8 Å². The summed E-state index contributed by atoms with van der Waals surface area (Å²) >= 11 is -1.95. The number of para-hydroxylation sites is 1. The predicted octanol–water partition coefficient (Wildman–Crippen LogP) is 12.5. The minimum atomic E-state index is -1.95. The number of ether oxygens (including phenoxy) is 1. The minimum absolute atomic E-state index is 0.0748. The summed E-state index contributed by atoms with van der Waals surface area (Å²) in [5, 5.41) is 3.64. The van der Waals surface area contributed by atoms with Gasteiger partial charge in [-0.3, -0.25) is 4.98 Å². The first-order valence-electron chi connectivity index (χ1n) is 18.7. The summed E-state index contributed by atoms with van der Waals surface area (Å²) < 4.78 is 8.25. The van der Waals surface area contributed by atoms with Gasteiger partial charge in [-0.2, -0.15) is 0 Å². The monoisotopic (exact) mass is 770 g/mol.